The molecule has 1 saturated heterocycles. The summed E-state index contributed by atoms with van der Waals surface area (Å²) < 4.78 is 1.16. The minimum Gasteiger partial charge on any atom is -0.336 e. The van der Waals surface area contributed by atoms with E-state index < -0.39 is 5.69 Å². The Morgan fingerprint density at radius 3 is 2.62 bits per heavy atom. The summed E-state index contributed by atoms with van der Waals surface area (Å²) in [4.78, 5) is 42.2. The fourth-order valence-corrected chi connectivity index (χ4v) is 3.65. The molecule has 2 N–H and O–H groups in total. The first-order chi connectivity index (χ1) is 12.6. The number of rotatable bonds is 5. The van der Waals surface area contributed by atoms with Crippen molar-refractivity contribution in [1.82, 2.24) is 19.8 Å². The van der Waals surface area contributed by atoms with E-state index in [-0.39, 0.29) is 17.5 Å². The van der Waals surface area contributed by atoms with Gasteiger partial charge >= 0.3 is 5.69 Å². The van der Waals surface area contributed by atoms with Gasteiger partial charge in [0.15, 0.2) is 0 Å². The van der Waals surface area contributed by atoms with E-state index in [2.05, 4.69) is 17.2 Å². The summed E-state index contributed by atoms with van der Waals surface area (Å²) in [5, 5.41) is 3.75. The van der Waals surface area contributed by atoms with Crippen molar-refractivity contribution in [3.05, 3.63) is 44.6 Å². The molecule has 0 spiro atoms. The average molecular weight is 358 g/mol. The van der Waals surface area contributed by atoms with Crippen LogP contribution < -0.4 is 16.6 Å². The van der Waals surface area contributed by atoms with Crippen molar-refractivity contribution in [1.29, 1.82) is 0 Å². The number of H-pyrrole nitrogens is 1. The molecular formula is C19H26N4O3. The van der Waals surface area contributed by atoms with Gasteiger partial charge in [-0.05, 0) is 57.5 Å². The summed E-state index contributed by atoms with van der Waals surface area (Å²) in [6.45, 7) is 6.66. The van der Waals surface area contributed by atoms with Crippen LogP contribution in [0, 0.1) is 0 Å². The minimum absolute atomic E-state index is 0.0406. The van der Waals surface area contributed by atoms with Crippen LogP contribution in [0.15, 0.2) is 27.8 Å². The SMILES string of the molecule is CCCN(C(=O)c1ccc2c(=O)n(CC)c(=O)[nH]c2c1)C1CCNCC1. The Labute approximate surface area is 152 Å². The van der Waals surface area contributed by atoms with Crippen molar-refractivity contribution in [2.75, 3.05) is 19.6 Å². The molecule has 1 fully saturated rings. The lowest BCUT2D eigenvalue weighted by atomic mass is 10.0. The molecular weight excluding hydrogens is 332 g/mol. The van der Waals surface area contributed by atoms with Crippen LogP contribution in [0.4, 0.5) is 0 Å². The second-order valence-corrected chi connectivity index (χ2v) is 6.72. The zero-order valence-electron chi connectivity index (χ0n) is 15.4. The van der Waals surface area contributed by atoms with Gasteiger partial charge in [0.05, 0.1) is 10.9 Å². The molecule has 7 nitrogen and oxygen atoms in total. The Morgan fingerprint density at radius 2 is 1.96 bits per heavy atom. The Hall–Kier alpha value is -2.41. The monoisotopic (exact) mass is 358 g/mol. The van der Waals surface area contributed by atoms with Crippen molar-refractivity contribution in [2.45, 2.75) is 45.7 Å². The zero-order valence-corrected chi connectivity index (χ0v) is 15.4. The highest BCUT2D eigenvalue weighted by atomic mass is 16.2. The molecule has 0 bridgehead atoms. The minimum atomic E-state index is -0.446. The van der Waals surface area contributed by atoms with Gasteiger partial charge in [0.25, 0.3) is 11.5 Å². The molecule has 1 aliphatic heterocycles. The van der Waals surface area contributed by atoms with Crippen LogP contribution in [0.5, 0.6) is 0 Å². The molecule has 1 aromatic heterocycles. The predicted octanol–water partition coefficient (Wildman–Crippen LogP) is 1.31. The Morgan fingerprint density at radius 1 is 1.23 bits per heavy atom. The van der Waals surface area contributed by atoms with Crippen molar-refractivity contribution in [3.8, 4) is 0 Å². The van der Waals surface area contributed by atoms with Gasteiger partial charge in [0.1, 0.15) is 0 Å². The third kappa shape index (κ3) is 3.44. The number of carbonyl (C=O) groups is 1. The van der Waals surface area contributed by atoms with Gasteiger partial charge in [-0.1, -0.05) is 6.92 Å². The van der Waals surface area contributed by atoms with Crippen molar-refractivity contribution in [2.24, 2.45) is 0 Å². The molecule has 140 valence electrons. The smallest absolute Gasteiger partial charge is 0.328 e. The molecule has 3 rings (SSSR count). The van der Waals surface area contributed by atoms with Crippen LogP contribution in [-0.2, 0) is 6.54 Å². The lowest BCUT2D eigenvalue weighted by Crippen LogP contribution is -2.46. The highest BCUT2D eigenvalue weighted by Crippen LogP contribution is 2.18. The fourth-order valence-electron chi connectivity index (χ4n) is 3.65. The number of carbonyl (C=O) groups excluding carboxylic acids is 1. The Kier molecular flexibility index (Phi) is 5.56. The van der Waals surface area contributed by atoms with Crippen molar-refractivity contribution < 1.29 is 4.79 Å². The molecule has 7 heteroatoms. The third-order valence-corrected chi connectivity index (χ3v) is 5.02. The van der Waals surface area contributed by atoms with Gasteiger partial charge in [-0.3, -0.25) is 14.2 Å². The van der Waals surface area contributed by atoms with Crippen LogP contribution in [0.25, 0.3) is 10.9 Å². The van der Waals surface area contributed by atoms with Crippen LogP contribution >= 0.6 is 0 Å². The number of hydrogen-bond donors (Lipinski definition) is 2. The zero-order chi connectivity index (χ0) is 18.7. The number of aromatic amines is 1. The average Bonchev–Trinajstić information content (AvgIpc) is 2.66. The van der Waals surface area contributed by atoms with E-state index in [0.29, 0.717) is 29.6 Å². The van der Waals surface area contributed by atoms with E-state index in [0.717, 1.165) is 36.9 Å². The quantitative estimate of drug-likeness (QED) is 0.844. The van der Waals surface area contributed by atoms with Crippen molar-refractivity contribution in [3.63, 3.8) is 0 Å². The maximum absolute atomic E-state index is 13.1. The lowest BCUT2D eigenvalue weighted by Gasteiger charge is -2.34. The van der Waals surface area contributed by atoms with Crippen LogP contribution in [0.2, 0.25) is 0 Å². The third-order valence-electron chi connectivity index (χ3n) is 5.02. The van der Waals surface area contributed by atoms with E-state index in [4.69, 9.17) is 0 Å². The lowest BCUT2D eigenvalue weighted by molar-refractivity contribution is 0.0643. The van der Waals surface area contributed by atoms with Gasteiger partial charge in [-0.15, -0.1) is 0 Å². The molecule has 0 saturated carbocycles. The molecule has 2 aromatic rings. The molecule has 2 heterocycles. The fraction of sp³-hybridized carbons (Fsp3) is 0.526. The topological polar surface area (TPSA) is 87.2 Å². The summed E-state index contributed by atoms with van der Waals surface area (Å²) in [6, 6.07) is 5.18. The molecule has 0 unspecified atom stereocenters. The number of nitrogens with one attached hydrogen (secondary N) is 2. The number of piperidine rings is 1. The van der Waals surface area contributed by atoms with E-state index >= 15 is 0 Å². The standard InChI is InChI=1S/C19H26N4O3/c1-3-11-23(14-7-9-20-10-8-14)17(24)13-5-6-15-16(12-13)21-19(26)22(4-2)18(15)25/h5-6,12,14,20H,3-4,7-11H2,1-2H3,(H,21,26). The second kappa shape index (κ2) is 7.86. The maximum atomic E-state index is 13.1. The summed E-state index contributed by atoms with van der Waals surface area (Å²) in [7, 11) is 0. The summed E-state index contributed by atoms with van der Waals surface area (Å²) in [6.07, 6.45) is 2.77. The number of aromatic nitrogens is 2. The molecule has 1 amide bonds. The molecule has 26 heavy (non-hydrogen) atoms. The molecule has 0 atom stereocenters. The number of benzene rings is 1. The molecule has 1 aliphatic rings. The van der Waals surface area contributed by atoms with Gasteiger partial charge in [0, 0.05) is 24.7 Å². The van der Waals surface area contributed by atoms with E-state index in [9.17, 15) is 14.4 Å². The summed E-state index contributed by atoms with van der Waals surface area (Å²) in [5.41, 5.74) is 0.151. The predicted molar refractivity (Wildman–Crippen MR) is 102 cm³/mol. The molecule has 1 aromatic carbocycles. The second-order valence-electron chi connectivity index (χ2n) is 6.72. The van der Waals surface area contributed by atoms with Gasteiger partial charge in [0.2, 0.25) is 0 Å². The first-order valence-electron chi connectivity index (χ1n) is 9.35. The van der Waals surface area contributed by atoms with Gasteiger partial charge in [-0.2, -0.15) is 0 Å². The largest absolute Gasteiger partial charge is 0.336 e. The van der Waals surface area contributed by atoms with E-state index in [1.807, 2.05) is 4.90 Å². The first kappa shape index (κ1) is 18.4. The summed E-state index contributed by atoms with van der Waals surface area (Å²) >= 11 is 0. The normalized spacial score (nSPS) is 15.3. The van der Waals surface area contributed by atoms with Gasteiger partial charge < -0.3 is 15.2 Å². The van der Waals surface area contributed by atoms with Crippen LogP contribution in [0.3, 0.4) is 0 Å². The highest BCUT2D eigenvalue weighted by molar-refractivity contribution is 5.97. The number of amides is 1. The number of fused-ring (bicyclic) bond motifs is 1. The Balaban J connectivity index is 1.99. The number of nitrogens with zero attached hydrogens (tertiary/aromatic N) is 2. The molecule has 0 radical (unpaired) electrons. The van der Waals surface area contributed by atoms with E-state index in [1.54, 1.807) is 25.1 Å². The van der Waals surface area contributed by atoms with Gasteiger partial charge in [-0.25, -0.2) is 4.79 Å². The summed E-state index contributed by atoms with van der Waals surface area (Å²) in [5.74, 6) is -0.0406. The first-order valence-corrected chi connectivity index (χ1v) is 9.35. The highest BCUT2D eigenvalue weighted by Gasteiger charge is 2.25. The van der Waals surface area contributed by atoms with Crippen LogP contribution in [0.1, 0.15) is 43.5 Å². The maximum Gasteiger partial charge on any atom is 0.328 e. The van der Waals surface area contributed by atoms with E-state index in [1.165, 1.54) is 0 Å². The molecule has 0 aliphatic carbocycles. The Bertz CT molecular complexity index is 909. The van der Waals surface area contributed by atoms with Crippen LogP contribution in [-0.4, -0.2) is 46.0 Å². The number of hydrogen-bond acceptors (Lipinski definition) is 4. The van der Waals surface area contributed by atoms with Crippen molar-refractivity contribution >= 4 is 16.8 Å².